The van der Waals surface area contributed by atoms with E-state index in [0.29, 0.717) is 10.6 Å². The van der Waals surface area contributed by atoms with E-state index >= 15 is 0 Å². The number of fused-ring (bicyclic) bond motifs is 2. The van der Waals surface area contributed by atoms with E-state index in [1.54, 1.807) is 0 Å². The number of halogens is 4. The van der Waals surface area contributed by atoms with Crippen molar-refractivity contribution < 1.29 is 41.8 Å². The summed E-state index contributed by atoms with van der Waals surface area (Å²) in [7, 11) is 0. The van der Waals surface area contributed by atoms with Gasteiger partial charge < -0.3 is 23.8 Å². The van der Waals surface area contributed by atoms with E-state index in [-0.39, 0.29) is 24.5 Å². The van der Waals surface area contributed by atoms with Crippen LogP contribution in [0.5, 0.6) is 5.75 Å². The first-order chi connectivity index (χ1) is 15.4. The summed E-state index contributed by atoms with van der Waals surface area (Å²) in [6.45, 7) is 5.43. The van der Waals surface area contributed by atoms with Gasteiger partial charge in [-0.3, -0.25) is 0 Å². The summed E-state index contributed by atoms with van der Waals surface area (Å²) in [5, 5.41) is 2.68. The molecule has 0 amide bonds. The van der Waals surface area contributed by atoms with Crippen LogP contribution in [0.1, 0.15) is 31.9 Å². The van der Waals surface area contributed by atoms with Crippen LogP contribution in [0.4, 0.5) is 13.2 Å². The highest BCUT2D eigenvalue weighted by atomic mass is 35.5. The van der Waals surface area contributed by atoms with Crippen molar-refractivity contribution in [1.29, 1.82) is 0 Å². The van der Waals surface area contributed by atoms with Gasteiger partial charge in [0.05, 0.1) is 18.8 Å². The number of benzene rings is 1. The van der Waals surface area contributed by atoms with E-state index in [0.717, 1.165) is 6.08 Å². The van der Waals surface area contributed by atoms with E-state index in [1.165, 1.54) is 12.1 Å². The molecule has 3 heterocycles. The van der Waals surface area contributed by atoms with Crippen LogP contribution in [0.25, 0.3) is 6.08 Å². The Morgan fingerprint density at radius 1 is 1.12 bits per heavy atom. The summed E-state index contributed by atoms with van der Waals surface area (Å²) in [5.41, 5.74) is -0.327. The molecule has 0 saturated carbocycles. The standard InChI is InChI=1S/C21H21ClF3NO7/c1-20(2,3)11-6-13-9(5-12(11)22)4-10(18(31-13)21(23,24)25)19(27)32-14-7-29-17-15(33-26-28)8-30-16(14)17/h4-6,14-18H,7-8H2,1-3H3/t14-,15+,16+,17+,18-/m0/s1. The summed E-state index contributed by atoms with van der Waals surface area (Å²) in [6.07, 6.45) is -9.64. The maximum Gasteiger partial charge on any atom is 0.430 e. The second-order valence-corrected chi connectivity index (χ2v) is 9.42. The minimum atomic E-state index is -4.88. The number of rotatable bonds is 4. The van der Waals surface area contributed by atoms with Gasteiger partial charge in [-0.15, -0.1) is 4.91 Å². The second-order valence-electron chi connectivity index (χ2n) is 9.02. The molecule has 3 aliphatic rings. The minimum Gasteiger partial charge on any atom is -0.475 e. The quantitative estimate of drug-likeness (QED) is 0.355. The van der Waals surface area contributed by atoms with Crippen molar-refractivity contribution in [2.24, 2.45) is 5.34 Å². The normalized spacial score (nSPS) is 28.9. The monoisotopic (exact) mass is 491 g/mol. The highest BCUT2D eigenvalue weighted by Gasteiger charge is 2.53. The molecule has 0 unspecified atom stereocenters. The third kappa shape index (κ3) is 4.53. The number of carbonyl (C=O) groups excluding carboxylic acids is 1. The third-order valence-electron chi connectivity index (χ3n) is 5.68. The lowest BCUT2D eigenvalue weighted by molar-refractivity contribution is -0.189. The highest BCUT2D eigenvalue weighted by molar-refractivity contribution is 6.31. The van der Waals surface area contributed by atoms with Crippen LogP contribution in [-0.4, -0.2) is 55.9 Å². The molecule has 0 radical (unpaired) electrons. The number of hydrogen-bond acceptors (Lipinski definition) is 8. The Morgan fingerprint density at radius 3 is 2.36 bits per heavy atom. The molecule has 0 aliphatic carbocycles. The summed E-state index contributed by atoms with van der Waals surface area (Å²) in [4.78, 5) is 27.8. The van der Waals surface area contributed by atoms with Gasteiger partial charge in [0.2, 0.25) is 6.10 Å². The predicted molar refractivity (Wildman–Crippen MR) is 109 cm³/mol. The van der Waals surface area contributed by atoms with Crippen LogP contribution >= 0.6 is 11.6 Å². The summed E-state index contributed by atoms with van der Waals surface area (Å²) < 4.78 is 62.9. The topological polar surface area (TPSA) is 92.7 Å². The maximum atomic E-state index is 13.8. The van der Waals surface area contributed by atoms with Gasteiger partial charge in [0.1, 0.15) is 18.0 Å². The molecule has 0 N–H and O–H groups in total. The fourth-order valence-corrected chi connectivity index (χ4v) is 4.54. The van der Waals surface area contributed by atoms with Gasteiger partial charge in [-0.1, -0.05) is 32.4 Å². The lowest BCUT2D eigenvalue weighted by Gasteiger charge is -2.30. The molecular weight excluding hydrogens is 471 g/mol. The fourth-order valence-electron chi connectivity index (χ4n) is 4.08. The zero-order chi connectivity index (χ0) is 24.1. The Balaban J connectivity index is 1.61. The van der Waals surface area contributed by atoms with E-state index in [9.17, 15) is 22.9 Å². The molecule has 8 nitrogen and oxygen atoms in total. The molecule has 4 rings (SSSR count). The molecule has 33 heavy (non-hydrogen) atoms. The lowest BCUT2D eigenvalue weighted by Crippen LogP contribution is -2.42. The molecule has 5 atom stereocenters. The Hall–Kier alpha value is -2.37. The second kappa shape index (κ2) is 8.44. The van der Waals surface area contributed by atoms with Gasteiger partial charge in [-0.25, -0.2) is 4.79 Å². The zero-order valence-corrected chi connectivity index (χ0v) is 18.6. The number of hydrogen-bond donors (Lipinski definition) is 0. The Labute approximate surface area is 191 Å². The fraction of sp³-hybridized carbons (Fsp3) is 0.571. The molecule has 2 fully saturated rings. The van der Waals surface area contributed by atoms with Gasteiger partial charge >= 0.3 is 12.1 Å². The molecular formula is C21H21ClF3NO7. The van der Waals surface area contributed by atoms with Crippen molar-refractivity contribution in [1.82, 2.24) is 0 Å². The van der Waals surface area contributed by atoms with Gasteiger partial charge in [0, 0.05) is 10.6 Å². The number of carbonyl (C=O) groups is 1. The van der Waals surface area contributed by atoms with Crippen molar-refractivity contribution >= 4 is 23.6 Å². The minimum absolute atomic E-state index is 0.0336. The molecule has 1 aromatic rings. The van der Waals surface area contributed by atoms with Crippen molar-refractivity contribution in [3.05, 3.63) is 38.8 Å². The summed E-state index contributed by atoms with van der Waals surface area (Å²) in [5.74, 6) is -1.26. The predicted octanol–water partition coefficient (Wildman–Crippen LogP) is 4.12. The molecule has 0 aromatic heterocycles. The molecule has 2 saturated heterocycles. The lowest BCUT2D eigenvalue weighted by atomic mass is 9.85. The average molecular weight is 492 g/mol. The number of nitrogens with zero attached hydrogens (tertiary/aromatic N) is 1. The van der Waals surface area contributed by atoms with E-state index in [4.69, 9.17) is 30.5 Å². The van der Waals surface area contributed by atoms with Gasteiger partial charge in [0.15, 0.2) is 17.5 Å². The van der Waals surface area contributed by atoms with Crippen LogP contribution in [-0.2, 0) is 29.3 Å². The van der Waals surface area contributed by atoms with Crippen LogP contribution in [0.15, 0.2) is 23.0 Å². The average Bonchev–Trinajstić information content (AvgIpc) is 3.28. The van der Waals surface area contributed by atoms with E-state index in [1.807, 2.05) is 20.8 Å². The number of esters is 1. The molecule has 1 aromatic carbocycles. The Bertz CT molecular complexity index is 991. The van der Waals surface area contributed by atoms with Gasteiger partial charge in [-0.2, -0.15) is 13.2 Å². The first kappa shape index (κ1) is 23.8. The molecule has 0 spiro atoms. The number of alkyl halides is 3. The molecule has 3 aliphatic heterocycles. The smallest absolute Gasteiger partial charge is 0.430 e. The first-order valence-electron chi connectivity index (χ1n) is 10.1. The van der Waals surface area contributed by atoms with Crippen molar-refractivity contribution in [3.8, 4) is 5.75 Å². The van der Waals surface area contributed by atoms with E-state index in [2.05, 4.69) is 10.2 Å². The largest absolute Gasteiger partial charge is 0.475 e. The van der Waals surface area contributed by atoms with Crippen LogP contribution < -0.4 is 4.74 Å². The summed E-state index contributed by atoms with van der Waals surface area (Å²) >= 11 is 6.34. The van der Waals surface area contributed by atoms with Gasteiger partial charge in [0.25, 0.3) is 0 Å². The SMILES string of the molecule is CC(C)(C)c1cc2c(cc1Cl)C=C(C(=O)O[C@H]1CO[C@H]3[C@@H]1OC[C@H]3ON=O)[C@@H](C(F)(F)F)O2. The van der Waals surface area contributed by atoms with Gasteiger partial charge in [-0.05, 0) is 29.2 Å². The third-order valence-corrected chi connectivity index (χ3v) is 5.99. The van der Waals surface area contributed by atoms with Crippen LogP contribution in [0, 0.1) is 4.91 Å². The van der Waals surface area contributed by atoms with Crippen molar-refractivity contribution in [2.75, 3.05) is 13.2 Å². The maximum absolute atomic E-state index is 13.8. The van der Waals surface area contributed by atoms with Crippen LogP contribution in [0.3, 0.4) is 0 Å². The zero-order valence-electron chi connectivity index (χ0n) is 17.8. The Kier molecular flexibility index (Phi) is 6.08. The van der Waals surface area contributed by atoms with Crippen LogP contribution in [0.2, 0.25) is 5.02 Å². The highest BCUT2D eigenvalue weighted by Crippen LogP contribution is 2.42. The Morgan fingerprint density at radius 2 is 1.76 bits per heavy atom. The molecule has 12 heteroatoms. The summed E-state index contributed by atoms with van der Waals surface area (Å²) in [6, 6.07) is 2.92. The van der Waals surface area contributed by atoms with Crippen molar-refractivity contribution in [3.63, 3.8) is 0 Å². The molecule has 0 bridgehead atoms. The van der Waals surface area contributed by atoms with E-state index < -0.39 is 53.7 Å². The molecule has 180 valence electrons. The first-order valence-corrected chi connectivity index (χ1v) is 10.5. The van der Waals surface area contributed by atoms with Crippen molar-refractivity contribution in [2.45, 2.75) is 62.9 Å². The number of ether oxygens (including phenoxy) is 4.